The van der Waals surface area contributed by atoms with E-state index in [0.29, 0.717) is 17.5 Å². The Morgan fingerprint density at radius 1 is 1.25 bits per heavy atom. The molecule has 0 spiro atoms. The van der Waals surface area contributed by atoms with Gasteiger partial charge < -0.3 is 20.6 Å². The Hall–Kier alpha value is -2.76. The molecule has 3 rings (SSSR count). The van der Waals surface area contributed by atoms with Gasteiger partial charge in [0.05, 0.1) is 5.54 Å². The summed E-state index contributed by atoms with van der Waals surface area (Å²) < 4.78 is 0. The Kier molecular flexibility index (Phi) is 3.63. The van der Waals surface area contributed by atoms with Crippen LogP contribution in [-0.4, -0.2) is 32.5 Å². The van der Waals surface area contributed by atoms with Crippen molar-refractivity contribution < 1.29 is 24.9 Å². The summed E-state index contributed by atoms with van der Waals surface area (Å²) in [5.74, 6) is -2.55. The number of carbonyl (C=O) groups is 2. The minimum Gasteiger partial charge on any atom is -0.504 e. The highest BCUT2D eigenvalue weighted by Crippen LogP contribution is 2.52. The second kappa shape index (κ2) is 5.40. The lowest BCUT2D eigenvalue weighted by molar-refractivity contribution is -0.121. The molecule has 2 aliphatic carbocycles. The van der Waals surface area contributed by atoms with E-state index in [1.807, 2.05) is 6.92 Å². The third-order valence-corrected chi connectivity index (χ3v) is 4.91. The fourth-order valence-electron chi connectivity index (χ4n) is 3.81. The molecule has 24 heavy (non-hydrogen) atoms. The molecule has 0 heterocycles. The lowest BCUT2D eigenvalue weighted by Gasteiger charge is -2.47. The number of phenolic OH excluding ortho intramolecular Hbond substituents is 3. The second-order valence-corrected chi connectivity index (χ2v) is 6.46. The maximum absolute atomic E-state index is 11.8. The number of phenols is 3. The quantitative estimate of drug-likeness (QED) is 0.586. The number of allylic oxidation sites excluding steroid dienone is 2. The van der Waals surface area contributed by atoms with Crippen LogP contribution in [0.3, 0.4) is 0 Å². The molecule has 0 fully saturated rings. The molecule has 0 radical (unpaired) electrons. The van der Waals surface area contributed by atoms with Crippen molar-refractivity contribution in [2.75, 3.05) is 0 Å². The van der Waals surface area contributed by atoms with E-state index in [-0.39, 0.29) is 17.6 Å². The van der Waals surface area contributed by atoms with Crippen LogP contribution in [-0.2, 0) is 16.0 Å². The zero-order valence-electron chi connectivity index (χ0n) is 13.4. The molecule has 0 aliphatic heterocycles. The molecule has 6 nitrogen and oxygen atoms in total. The van der Waals surface area contributed by atoms with Crippen LogP contribution in [0.2, 0.25) is 0 Å². The maximum Gasteiger partial charge on any atom is 0.217 e. The summed E-state index contributed by atoms with van der Waals surface area (Å²) in [6, 6.07) is 1.42. The van der Waals surface area contributed by atoms with Crippen molar-refractivity contribution in [1.29, 1.82) is 0 Å². The number of aromatic hydroxyl groups is 3. The van der Waals surface area contributed by atoms with E-state index in [2.05, 4.69) is 5.32 Å². The normalized spacial score (nSPS) is 28.0. The third kappa shape index (κ3) is 2.26. The molecule has 1 aromatic carbocycles. The maximum atomic E-state index is 11.8. The number of amides is 1. The Balaban J connectivity index is 2.30. The van der Waals surface area contributed by atoms with E-state index in [1.54, 1.807) is 12.2 Å². The summed E-state index contributed by atoms with van der Waals surface area (Å²) in [4.78, 5) is 23.7. The number of carbonyl (C=O) groups excluding carboxylic acids is 2. The summed E-state index contributed by atoms with van der Waals surface area (Å²) >= 11 is 0. The fraction of sp³-hybridized carbons (Fsp3) is 0.333. The minimum atomic E-state index is -0.900. The van der Waals surface area contributed by atoms with E-state index in [4.69, 9.17) is 0 Å². The van der Waals surface area contributed by atoms with Gasteiger partial charge in [-0.2, -0.15) is 0 Å². The van der Waals surface area contributed by atoms with Crippen molar-refractivity contribution in [2.24, 2.45) is 5.92 Å². The van der Waals surface area contributed by atoms with Crippen LogP contribution >= 0.6 is 0 Å². The first-order valence-corrected chi connectivity index (χ1v) is 7.73. The Morgan fingerprint density at radius 2 is 1.96 bits per heavy atom. The van der Waals surface area contributed by atoms with Crippen molar-refractivity contribution in [3.05, 3.63) is 41.5 Å². The lowest BCUT2D eigenvalue weighted by atomic mass is 9.63. The molecule has 1 aromatic rings. The van der Waals surface area contributed by atoms with Crippen LogP contribution in [0.4, 0.5) is 0 Å². The number of benzene rings is 1. The van der Waals surface area contributed by atoms with Gasteiger partial charge in [-0.15, -0.1) is 0 Å². The van der Waals surface area contributed by atoms with Crippen molar-refractivity contribution in [3.8, 4) is 17.2 Å². The zero-order chi connectivity index (χ0) is 17.6. The fourth-order valence-corrected chi connectivity index (χ4v) is 3.81. The van der Waals surface area contributed by atoms with Gasteiger partial charge in [-0.05, 0) is 36.1 Å². The Morgan fingerprint density at radius 3 is 2.62 bits per heavy atom. The SMILES string of the molecule is CC(=O)NC12C=CC(=O)C=CC1c1c(cc(O)c(O)c1O)CC2C. The van der Waals surface area contributed by atoms with Gasteiger partial charge in [-0.1, -0.05) is 19.1 Å². The monoisotopic (exact) mass is 329 g/mol. The molecule has 3 unspecified atom stereocenters. The molecular formula is C18H19NO5. The van der Waals surface area contributed by atoms with Crippen LogP contribution in [0.5, 0.6) is 17.2 Å². The van der Waals surface area contributed by atoms with Gasteiger partial charge in [0.2, 0.25) is 11.7 Å². The zero-order valence-corrected chi connectivity index (χ0v) is 13.4. The Bertz CT molecular complexity index is 795. The first kappa shape index (κ1) is 16.1. The highest BCUT2D eigenvalue weighted by Gasteiger charge is 2.48. The molecule has 0 saturated heterocycles. The topological polar surface area (TPSA) is 107 Å². The first-order valence-electron chi connectivity index (χ1n) is 7.73. The Labute approximate surface area is 139 Å². The van der Waals surface area contributed by atoms with Gasteiger partial charge in [0, 0.05) is 18.4 Å². The lowest BCUT2D eigenvalue weighted by Crippen LogP contribution is -2.57. The standard InChI is InChI=1S/C18H19NO5/c1-9-7-11-8-14(22)16(23)17(24)15(11)13-4-3-12(21)5-6-18(9,13)19-10(2)20/h3-6,8-9,13,22-24H,7H2,1-2H3,(H,19,20). The molecule has 1 amide bonds. The molecule has 0 saturated carbocycles. The summed E-state index contributed by atoms with van der Waals surface area (Å²) in [6.07, 6.45) is 6.54. The third-order valence-electron chi connectivity index (χ3n) is 4.91. The van der Waals surface area contributed by atoms with E-state index < -0.39 is 28.7 Å². The van der Waals surface area contributed by atoms with Crippen molar-refractivity contribution in [3.63, 3.8) is 0 Å². The molecule has 0 bridgehead atoms. The molecule has 4 N–H and O–H groups in total. The highest BCUT2D eigenvalue weighted by molar-refractivity contribution is 6.00. The summed E-state index contributed by atoms with van der Waals surface area (Å²) in [5.41, 5.74) is 0.184. The predicted octanol–water partition coefficient (Wildman–Crippen LogP) is 1.65. The number of hydrogen-bond acceptors (Lipinski definition) is 5. The number of nitrogens with one attached hydrogen (secondary N) is 1. The van der Waals surface area contributed by atoms with Crippen molar-refractivity contribution in [2.45, 2.75) is 31.7 Å². The number of rotatable bonds is 1. The van der Waals surface area contributed by atoms with Crippen LogP contribution in [0.25, 0.3) is 0 Å². The summed E-state index contributed by atoms with van der Waals surface area (Å²) in [6.45, 7) is 3.33. The molecule has 126 valence electrons. The predicted molar refractivity (Wildman–Crippen MR) is 86.9 cm³/mol. The smallest absolute Gasteiger partial charge is 0.217 e. The van der Waals surface area contributed by atoms with E-state index in [9.17, 15) is 24.9 Å². The van der Waals surface area contributed by atoms with Gasteiger partial charge in [0.15, 0.2) is 17.3 Å². The largest absolute Gasteiger partial charge is 0.504 e. The number of ketones is 1. The van der Waals surface area contributed by atoms with Crippen molar-refractivity contribution >= 4 is 11.7 Å². The molecular weight excluding hydrogens is 310 g/mol. The minimum absolute atomic E-state index is 0.103. The van der Waals surface area contributed by atoms with E-state index in [0.717, 1.165) is 0 Å². The van der Waals surface area contributed by atoms with E-state index >= 15 is 0 Å². The van der Waals surface area contributed by atoms with E-state index in [1.165, 1.54) is 25.1 Å². The van der Waals surface area contributed by atoms with Gasteiger partial charge >= 0.3 is 0 Å². The molecule has 6 heteroatoms. The van der Waals surface area contributed by atoms with Crippen LogP contribution in [0.15, 0.2) is 30.4 Å². The average molecular weight is 329 g/mol. The average Bonchev–Trinajstić information content (AvgIpc) is 2.66. The van der Waals surface area contributed by atoms with Crippen LogP contribution in [0.1, 0.15) is 30.9 Å². The molecule has 2 aliphatic rings. The van der Waals surface area contributed by atoms with Crippen LogP contribution < -0.4 is 5.32 Å². The highest BCUT2D eigenvalue weighted by atomic mass is 16.3. The second-order valence-electron chi connectivity index (χ2n) is 6.46. The van der Waals surface area contributed by atoms with Gasteiger partial charge in [-0.25, -0.2) is 0 Å². The number of hydrogen-bond donors (Lipinski definition) is 4. The van der Waals surface area contributed by atoms with Gasteiger partial charge in [-0.3, -0.25) is 9.59 Å². The van der Waals surface area contributed by atoms with Gasteiger partial charge in [0.1, 0.15) is 0 Å². The first-order chi connectivity index (χ1) is 11.3. The summed E-state index contributed by atoms with van der Waals surface area (Å²) in [5, 5.41) is 33.0. The number of fused-ring (bicyclic) bond motifs is 3. The molecule has 0 aromatic heterocycles. The van der Waals surface area contributed by atoms with Crippen molar-refractivity contribution in [1.82, 2.24) is 5.32 Å². The van der Waals surface area contributed by atoms with Gasteiger partial charge in [0.25, 0.3) is 0 Å². The molecule has 3 atom stereocenters. The van der Waals surface area contributed by atoms with Crippen LogP contribution in [0, 0.1) is 5.92 Å². The summed E-state index contributed by atoms with van der Waals surface area (Å²) in [7, 11) is 0.